The van der Waals surface area contributed by atoms with Gasteiger partial charge in [0.05, 0.1) is 41.2 Å². The smallest absolute Gasteiger partial charge is 0.207 e. The number of piperidine rings is 1. The number of thiophene rings is 1. The number of aromatic hydroxyl groups is 1. The molecule has 0 radical (unpaired) electrons. The second kappa shape index (κ2) is 25.7. The Bertz CT molecular complexity index is 2300. The summed E-state index contributed by atoms with van der Waals surface area (Å²) in [6.07, 6.45) is 18.3. The van der Waals surface area contributed by atoms with Crippen molar-refractivity contribution in [3.05, 3.63) is 117 Å². The molecule has 15 nitrogen and oxygen atoms in total. The van der Waals surface area contributed by atoms with E-state index in [1.165, 1.54) is 92.3 Å². The molecule has 9 N–H and O–H groups in total. The predicted molar refractivity (Wildman–Crippen MR) is 258 cm³/mol. The number of nitrogens with two attached hydrogens (primary N) is 2. The number of phenols is 1. The monoisotopic (exact) mass is 909 g/mol. The number of aliphatic imine (C=N–C) groups is 1. The van der Waals surface area contributed by atoms with Crippen LogP contribution in [0, 0.1) is 36.0 Å². The fourth-order valence-corrected chi connectivity index (χ4v) is 8.67. The molecule has 2 fully saturated rings. The average Bonchev–Trinajstić information content (AvgIpc) is 3.90. The number of benzene rings is 2. The van der Waals surface area contributed by atoms with Gasteiger partial charge in [0.2, 0.25) is 6.41 Å². The minimum Gasteiger partial charge on any atom is -0.508 e. The molecule has 2 aliphatic heterocycles. The number of hydrogen-bond donors (Lipinski definition) is 7. The van der Waals surface area contributed by atoms with Gasteiger partial charge in [0.25, 0.3) is 0 Å². The van der Waals surface area contributed by atoms with Crippen molar-refractivity contribution >= 4 is 63.7 Å². The maximum Gasteiger partial charge on any atom is 0.207 e. The maximum atomic E-state index is 10.00. The fourth-order valence-electron chi connectivity index (χ4n) is 7.23. The number of amides is 1. The highest BCUT2D eigenvalue weighted by atomic mass is 35.5. The number of hydrogen-bond acceptors (Lipinski definition) is 14. The summed E-state index contributed by atoms with van der Waals surface area (Å²) < 4.78 is 5.49. The van der Waals surface area contributed by atoms with Crippen molar-refractivity contribution in [1.82, 2.24) is 15.6 Å². The molecule has 2 aromatic carbocycles. The number of aromatic nitrogens is 1. The molecule has 0 spiro atoms. The van der Waals surface area contributed by atoms with Crippen LogP contribution >= 0.6 is 22.9 Å². The second-order valence-electron chi connectivity index (χ2n) is 15.4. The molecule has 17 heteroatoms. The number of nitrogens with zero attached hydrogens (tertiary/aromatic N) is 5. The largest absolute Gasteiger partial charge is 0.508 e. The number of rotatable bonds is 10. The number of carbonyl (C=O) groups excluding carboxylic acids is 2. The van der Waals surface area contributed by atoms with Gasteiger partial charge in [-0.3, -0.25) is 30.3 Å². The first-order valence-corrected chi connectivity index (χ1v) is 22.5. The lowest BCUT2D eigenvalue weighted by Crippen LogP contribution is -2.40. The number of aryl methyl sites for hydroxylation is 1. The van der Waals surface area contributed by atoms with E-state index in [0.717, 1.165) is 46.5 Å². The average molecular weight is 911 g/mol. The summed E-state index contributed by atoms with van der Waals surface area (Å²) >= 11 is 7.17. The molecule has 4 heterocycles. The van der Waals surface area contributed by atoms with Crippen LogP contribution in [0.2, 0.25) is 5.02 Å². The van der Waals surface area contributed by atoms with Crippen molar-refractivity contribution < 1.29 is 19.1 Å². The number of nitrogens with one attached hydrogen (secondary N) is 4. The molecule has 7 rings (SSSR count). The van der Waals surface area contributed by atoms with Gasteiger partial charge in [-0.25, -0.2) is 4.98 Å². The van der Waals surface area contributed by atoms with Crippen LogP contribution in [-0.2, 0) is 16.0 Å². The summed E-state index contributed by atoms with van der Waals surface area (Å²) in [5.41, 5.74) is 16.7. The molecular weight excluding hydrogens is 850 g/mol. The lowest BCUT2D eigenvalue weighted by Gasteiger charge is -2.29. The Balaban J connectivity index is 0.000000242. The van der Waals surface area contributed by atoms with Crippen LogP contribution in [0.4, 0.5) is 10.7 Å². The number of amidine groups is 2. The molecule has 340 valence electrons. The van der Waals surface area contributed by atoms with E-state index in [-0.39, 0.29) is 28.8 Å². The zero-order chi connectivity index (χ0) is 46.6. The highest BCUT2D eigenvalue weighted by Crippen LogP contribution is 2.40. The van der Waals surface area contributed by atoms with Crippen LogP contribution in [0.1, 0.15) is 91.3 Å². The number of nitriles is 1. The van der Waals surface area contributed by atoms with Gasteiger partial charge in [0.1, 0.15) is 40.8 Å². The molecule has 1 saturated heterocycles. The van der Waals surface area contributed by atoms with E-state index in [9.17, 15) is 9.59 Å². The molecule has 2 aromatic heterocycles. The van der Waals surface area contributed by atoms with Gasteiger partial charge in [-0.05, 0) is 108 Å². The van der Waals surface area contributed by atoms with Gasteiger partial charge in [-0.2, -0.15) is 5.26 Å². The second-order valence-corrected chi connectivity index (χ2v) is 17.0. The van der Waals surface area contributed by atoms with Gasteiger partial charge in [-0.15, -0.1) is 11.3 Å². The van der Waals surface area contributed by atoms with E-state index in [2.05, 4.69) is 65.7 Å². The molecule has 1 aliphatic carbocycles. The van der Waals surface area contributed by atoms with Crippen molar-refractivity contribution in [3.63, 3.8) is 0 Å². The number of allylic oxidation sites excluding steroid dienone is 3. The van der Waals surface area contributed by atoms with E-state index in [4.69, 9.17) is 53.7 Å². The molecule has 1 atom stereocenters. The third-order valence-corrected chi connectivity index (χ3v) is 12.3. The van der Waals surface area contributed by atoms with E-state index < -0.39 is 6.04 Å². The Morgan fingerprint density at radius 3 is 2.31 bits per heavy atom. The molecule has 1 amide bonds. The lowest BCUT2D eigenvalue weighted by atomic mass is 9.96. The number of fused-ring (bicyclic) bond motifs is 1. The minimum atomic E-state index is -0.505. The number of oxazole rings is 1. The SMILES string of the molecule is CC(=N)N1C(=N)C(Cc2ncco2)N=C(c2ccc(N3CCCCC3)cc2)c2c1sc(C)c2C.CNC1CCCCC1.N#Cc1ccc(O)cc1Cl.N/C(C=O)=C\C=C(/N)CNC=O. The summed E-state index contributed by atoms with van der Waals surface area (Å²) in [7, 11) is 2.07. The quantitative estimate of drug-likeness (QED) is 0.0268. The fraction of sp³-hybridized carbons (Fsp3) is 0.383. The summed E-state index contributed by atoms with van der Waals surface area (Å²) in [5, 5.41) is 41.6. The first-order valence-electron chi connectivity index (χ1n) is 21.3. The van der Waals surface area contributed by atoms with E-state index in [1.54, 1.807) is 35.6 Å². The van der Waals surface area contributed by atoms with Gasteiger partial charge < -0.3 is 36.5 Å². The van der Waals surface area contributed by atoms with Crippen LogP contribution in [0.5, 0.6) is 5.75 Å². The number of halogens is 1. The highest BCUT2D eigenvalue weighted by molar-refractivity contribution is 7.17. The van der Waals surface area contributed by atoms with Crippen molar-refractivity contribution in [2.75, 3.05) is 36.5 Å². The van der Waals surface area contributed by atoms with Crippen LogP contribution in [0.15, 0.2) is 87.9 Å². The van der Waals surface area contributed by atoms with Crippen LogP contribution in [-0.4, -0.2) is 78.9 Å². The summed E-state index contributed by atoms with van der Waals surface area (Å²) in [4.78, 5) is 34.6. The normalized spacial score (nSPS) is 16.5. The predicted octanol–water partition coefficient (Wildman–Crippen LogP) is 7.66. The van der Waals surface area contributed by atoms with Crippen molar-refractivity contribution in [2.24, 2.45) is 16.5 Å². The third kappa shape index (κ3) is 14.6. The first kappa shape index (κ1) is 50.4. The summed E-state index contributed by atoms with van der Waals surface area (Å²) in [6.45, 7) is 8.39. The third-order valence-electron chi connectivity index (χ3n) is 10.8. The molecule has 3 aliphatic rings. The number of carbonyl (C=O) groups is 2. The first-order chi connectivity index (χ1) is 30.8. The highest BCUT2D eigenvalue weighted by Gasteiger charge is 2.34. The maximum absolute atomic E-state index is 10.00. The molecule has 1 saturated carbocycles. The summed E-state index contributed by atoms with van der Waals surface area (Å²) in [5.74, 6) is 1.19. The van der Waals surface area contributed by atoms with E-state index in [0.29, 0.717) is 42.1 Å². The molecule has 0 bridgehead atoms. The van der Waals surface area contributed by atoms with Crippen molar-refractivity contribution in [1.29, 1.82) is 16.1 Å². The Labute approximate surface area is 384 Å². The number of anilines is 2. The van der Waals surface area contributed by atoms with Gasteiger partial charge in [-0.1, -0.05) is 43.0 Å². The molecule has 1 unspecified atom stereocenters. The van der Waals surface area contributed by atoms with Crippen molar-refractivity contribution in [2.45, 2.75) is 90.6 Å². The zero-order valence-electron chi connectivity index (χ0n) is 37.0. The van der Waals surface area contributed by atoms with E-state index in [1.807, 2.05) is 6.07 Å². The molecule has 64 heavy (non-hydrogen) atoms. The Morgan fingerprint density at radius 1 is 1.06 bits per heavy atom. The van der Waals surface area contributed by atoms with Crippen molar-refractivity contribution in [3.8, 4) is 11.8 Å². The molecular formula is C47H60ClN11O4S. The van der Waals surface area contributed by atoms with Gasteiger partial charge in [0.15, 0.2) is 12.2 Å². The lowest BCUT2D eigenvalue weighted by molar-refractivity contribution is -0.109. The van der Waals surface area contributed by atoms with Gasteiger partial charge in [0, 0.05) is 46.5 Å². The van der Waals surface area contributed by atoms with E-state index >= 15 is 0 Å². The topological polar surface area (TPSA) is 247 Å². The van der Waals surface area contributed by atoms with Crippen LogP contribution < -0.4 is 31.9 Å². The zero-order valence-corrected chi connectivity index (χ0v) is 38.6. The number of aldehydes is 1. The standard InChI is InChI=1S/C26H30N6OS.C7H4ClNO.C7H11N3O2.C7H15N/c1-16-17(2)34-26-23(16)24(19-7-9-20(10-8-19)31-12-5-4-6-13-31)30-21(15-22-29-11-14-33-22)25(28)32(26)18(3)27;8-7-3-6(10)2-1-5(7)4-9;8-6(3-10-5-12)1-2-7(9)4-11;1-8-7-5-3-2-4-6-7/h7-11,14,21,27-28H,4-6,12-13,15H2,1-3H3;1-3,10H;1-2,4-5H,3,8-9H2,(H,10,12);7-8H,2-6H2,1H3/b;;6-1-,7-2-;. The Morgan fingerprint density at radius 2 is 1.75 bits per heavy atom. The Kier molecular flexibility index (Phi) is 20.3. The summed E-state index contributed by atoms with van der Waals surface area (Å²) in [6, 6.07) is 15.1. The van der Waals surface area contributed by atoms with Crippen LogP contribution in [0.25, 0.3) is 0 Å². The van der Waals surface area contributed by atoms with Gasteiger partial charge >= 0.3 is 0 Å². The minimum absolute atomic E-state index is 0.0731. The number of phenolic OH excluding ortho intramolecular Hbond substituents is 1. The molecule has 4 aromatic rings. The van der Waals surface area contributed by atoms with Crippen LogP contribution in [0.3, 0.4) is 0 Å². The Hall–Kier alpha value is -6.28.